The Morgan fingerprint density at radius 3 is 2.80 bits per heavy atom. The average molecular weight is 211 g/mol. The van der Waals surface area contributed by atoms with Gasteiger partial charge < -0.3 is 10.5 Å². The molecule has 1 aromatic carbocycles. The van der Waals surface area contributed by atoms with Gasteiger partial charge in [0.2, 0.25) is 0 Å². The highest BCUT2D eigenvalue weighted by Crippen LogP contribution is 2.19. The molecule has 1 atom stereocenters. The molecule has 0 saturated carbocycles. The summed E-state index contributed by atoms with van der Waals surface area (Å²) in [5.74, 6) is -0.673. The van der Waals surface area contributed by atoms with Crippen LogP contribution in [0.4, 0.5) is 4.39 Å². The number of ether oxygens (including phenoxy) is 1. The molecule has 4 heteroatoms. The lowest BCUT2D eigenvalue weighted by Crippen LogP contribution is -2.17. The van der Waals surface area contributed by atoms with Gasteiger partial charge in [0.05, 0.1) is 13.5 Å². The summed E-state index contributed by atoms with van der Waals surface area (Å²) >= 11 is 0. The molecule has 0 spiro atoms. The molecule has 0 saturated heterocycles. The molecule has 15 heavy (non-hydrogen) atoms. The minimum Gasteiger partial charge on any atom is -0.469 e. The van der Waals surface area contributed by atoms with Crippen LogP contribution in [0.25, 0.3) is 0 Å². The maximum absolute atomic E-state index is 12.8. The Balaban J connectivity index is 2.82. The molecule has 1 aromatic rings. The molecular formula is C11H14FNO2. The second-order valence-corrected chi connectivity index (χ2v) is 3.39. The van der Waals surface area contributed by atoms with Crippen LogP contribution in [0, 0.1) is 12.7 Å². The van der Waals surface area contributed by atoms with E-state index >= 15 is 0 Å². The molecular weight excluding hydrogens is 197 g/mol. The maximum atomic E-state index is 12.8. The number of rotatable bonds is 3. The number of aryl methyl sites for hydroxylation is 1. The molecule has 0 aliphatic heterocycles. The van der Waals surface area contributed by atoms with Gasteiger partial charge in [-0.25, -0.2) is 4.39 Å². The van der Waals surface area contributed by atoms with Crippen molar-refractivity contribution in [2.45, 2.75) is 19.4 Å². The molecule has 0 aromatic heterocycles. The molecule has 82 valence electrons. The number of carbonyl (C=O) groups is 1. The molecule has 0 fully saturated rings. The van der Waals surface area contributed by atoms with Crippen LogP contribution < -0.4 is 5.73 Å². The molecule has 0 bridgehead atoms. The van der Waals surface area contributed by atoms with Crippen molar-refractivity contribution in [2.75, 3.05) is 7.11 Å². The van der Waals surface area contributed by atoms with E-state index in [1.54, 1.807) is 13.0 Å². The van der Waals surface area contributed by atoms with E-state index < -0.39 is 6.04 Å². The summed E-state index contributed by atoms with van der Waals surface area (Å²) in [4.78, 5) is 11.0. The van der Waals surface area contributed by atoms with Crippen molar-refractivity contribution in [1.29, 1.82) is 0 Å². The van der Waals surface area contributed by atoms with Gasteiger partial charge in [-0.15, -0.1) is 0 Å². The number of nitrogens with two attached hydrogens (primary N) is 1. The third-order valence-electron chi connectivity index (χ3n) is 2.25. The lowest BCUT2D eigenvalue weighted by Gasteiger charge is -2.13. The highest BCUT2D eigenvalue weighted by atomic mass is 19.1. The predicted octanol–water partition coefficient (Wildman–Crippen LogP) is 1.70. The topological polar surface area (TPSA) is 52.3 Å². The standard InChI is InChI=1S/C11H14FNO2/c1-7-5-8(12)3-4-9(7)10(13)6-11(14)15-2/h3-5,10H,6,13H2,1-2H3/t10-/m1/s1. The Morgan fingerprint density at radius 1 is 1.60 bits per heavy atom. The van der Waals surface area contributed by atoms with Gasteiger partial charge in [-0.1, -0.05) is 6.07 Å². The van der Waals surface area contributed by atoms with E-state index in [1.165, 1.54) is 19.2 Å². The summed E-state index contributed by atoms with van der Waals surface area (Å²) in [5.41, 5.74) is 7.31. The Morgan fingerprint density at radius 2 is 2.27 bits per heavy atom. The van der Waals surface area contributed by atoms with Crippen molar-refractivity contribution >= 4 is 5.97 Å². The summed E-state index contributed by atoms with van der Waals surface area (Å²) in [6, 6.07) is 3.88. The van der Waals surface area contributed by atoms with E-state index in [2.05, 4.69) is 4.74 Å². The Labute approximate surface area is 88.0 Å². The van der Waals surface area contributed by atoms with Crippen LogP contribution in [0.1, 0.15) is 23.6 Å². The SMILES string of the molecule is COC(=O)C[C@@H](N)c1ccc(F)cc1C. The van der Waals surface area contributed by atoms with Crippen LogP contribution in [-0.2, 0) is 9.53 Å². The maximum Gasteiger partial charge on any atom is 0.307 e. The van der Waals surface area contributed by atoms with Crippen molar-refractivity contribution in [3.8, 4) is 0 Å². The van der Waals surface area contributed by atoms with E-state index in [9.17, 15) is 9.18 Å². The van der Waals surface area contributed by atoms with Crippen LogP contribution in [0.5, 0.6) is 0 Å². The molecule has 3 nitrogen and oxygen atoms in total. The average Bonchev–Trinajstić information content (AvgIpc) is 2.17. The molecule has 0 unspecified atom stereocenters. The minimum atomic E-state index is -0.446. The number of hydrogen-bond acceptors (Lipinski definition) is 3. The third kappa shape index (κ3) is 3.02. The number of esters is 1. The molecule has 1 rings (SSSR count). The molecule has 0 aliphatic carbocycles. The van der Waals surface area contributed by atoms with Crippen LogP contribution in [0.3, 0.4) is 0 Å². The van der Waals surface area contributed by atoms with Crippen molar-refractivity contribution in [2.24, 2.45) is 5.73 Å². The monoisotopic (exact) mass is 211 g/mol. The first-order valence-electron chi connectivity index (χ1n) is 4.63. The Bertz CT molecular complexity index is 366. The largest absolute Gasteiger partial charge is 0.469 e. The highest BCUT2D eigenvalue weighted by Gasteiger charge is 2.13. The number of carbonyl (C=O) groups excluding carboxylic acids is 1. The van der Waals surface area contributed by atoms with Gasteiger partial charge in [-0.05, 0) is 30.2 Å². The summed E-state index contributed by atoms with van der Waals surface area (Å²) in [5, 5.41) is 0. The first kappa shape index (κ1) is 11.7. The molecule has 0 amide bonds. The number of methoxy groups -OCH3 is 1. The smallest absolute Gasteiger partial charge is 0.307 e. The van der Waals surface area contributed by atoms with E-state index in [0.717, 1.165) is 11.1 Å². The lowest BCUT2D eigenvalue weighted by molar-refractivity contribution is -0.141. The third-order valence-corrected chi connectivity index (χ3v) is 2.25. The van der Waals surface area contributed by atoms with Crippen LogP contribution in [0.15, 0.2) is 18.2 Å². The summed E-state index contributed by atoms with van der Waals surface area (Å²) in [7, 11) is 1.31. The van der Waals surface area contributed by atoms with Crippen LogP contribution in [0.2, 0.25) is 0 Å². The molecule has 2 N–H and O–H groups in total. The Hall–Kier alpha value is -1.42. The van der Waals surface area contributed by atoms with Crippen molar-refractivity contribution in [3.05, 3.63) is 35.1 Å². The molecule has 0 aliphatic rings. The predicted molar refractivity (Wildman–Crippen MR) is 54.7 cm³/mol. The van der Waals surface area contributed by atoms with Crippen molar-refractivity contribution in [3.63, 3.8) is 0 Å². The summed E-state index contributed by atoms with van der Waals surface area (Å²) in [6.45, 7) is 1.76. The fourth-order valence-corrected chi connectivity index (χ4v) is 1.43. The zero-order valence-electron chi connectivity index (χ0n) is 8.79. The minimum absolute atomic E-state index is 0.100. The van der Waals surface area contributed by atoms with Gasteiger partial charge in [-0.2, -0.15) is 0 Å². The lowest BCUT2D eigenvalue weighted by atomic mass is 9.99. The van der Waals surface area contributed by atoms with E-state index in [0.29, 0.717) is 0 Å². The van der Waals surface area contributed by atoms with Crippen LogP contribution >= 0.6 is 0 Å². The van der Waals surface area contributed by atoms with Gasteiger partial charge in [0, 0.05) is 6.04 Å². The normalized spacial score (nSPS) is 12.3. The number of benzene rings is 1. The second-order valence-electron chi connectivity index (χ2n) is 3.39. The van der Waals surface area contributed by atoms with Gasteiger partial charge >= 0.3 is 5.97 Å². The van der Waals surface area contributed by atoms with Gasteiger partial charge in [-0.3, -0.25) is 4.79 Å². The zero-order chi connectivity index (χ0) is 11.4. The van der Waals surface area contributed by atoms with E-state index in [4.69, 9.17) is 5.73 Å². The molecule has 0 radical (unpaired) electrons. The fourth-order valence-electron chi connectivity index (χ4n) is 1.43. The first-order valence-corrected chi connectivity index (χ1v) is 4.63. The zero-order valence-corrected chi connectivity index (χ0v) is 8.79. The highest BCUT2D eigenvalue weighted by molar-refractivity contribution is 5.70. The van der Waals surface area contributed by atoms with Crippen molar-refractivity contribution < 1.29 is 13.9 Å². The quantitative estimate of drug-likeness (QED) is 0.774. The van der Waals surface area contributed by atoms with Gasteiger partial charge in [0.15, 0.2) is 0 Å². The summed E-state index contributed by atoms with van der Waals surface area (Å²) in [6.07, 6.45) is 0.100. The van der Waals surface area contributed by atoms with E-state index in [-0.39, 0.29) is 18.2 Å². The fraction of sp³-hybridized carbons (Fsp3) is 0.364. The van der Waals surface area contributed by atoms with Gasteiger partial charge in [0.1, 0.15) is 5.82 Å². The number of hydrogen-bond donors (Lipinski definition) is 1. The summed E-state index contributed by atoms with van der Waals surface area (Å²) < 4.78 is 17.3. The Kier molecular flexibility index (Phi) is 3.80. The second kappa shape index (κ2) is 4.89. The first-order chi connectivity index (χ1) is 7.04. The van der Waals surface area contributed by atoms with E-state index in [1.807, 2.05) is 0 Å². The molecule has 0 heterocycles. The van der Waals surface area contributed by atoms with Gasteiger partial charge in [0.25, 0.3) is 0 Å². The number of halogens is 1. The van der Waals surface area contributed by atoms with Crippen molar-refractivity contribution in [1.82, 2.24) is 0 Å². The van der Waals surface area contributed by atoms with Crippen LogP contribution in [-0.4, -0.2) is 13.1 Å².